The number of ether oxygens (including phenoxy) is 2. The van der Waals surface area contributed by atoms with Gasteiger partial charge in [0.2, 0.25) is 5.96 Å². The molecule has 0 amide bonds. The Bertz CT molecular complexity index is 585. The molecule has 1 aliphatic carbocycles. The number of nitrogens with one attached hydrogen (secondary N) is 1. The molecular formula is C19H31N5O2. The molecule has 1 saturated heterocycles. The molecule has 7 heteroatoms. The van der Waals surface area contributed by atoms with Gasteiger partial charge >= 0.3 is 0 Å². The maximum absolute atomic E-state index is 6.21. The maximum Gasteiger partial charge on any atom is 0.208 e. The summed E-state index contributed by atoms with van der Waals surface area (Å²) in [5, 5.41) is 5.04. The van der Waals surface area contributed by atoms with Gasteiger partial charge in [-0.2, -0.15) is 0 Å². The van der Waals surface area contributed by atoms with Gasteiger partial charge in [-0.15, -0.1) is 0 Å². The van der Waals surface area contributed by atoms with Crippen LogP contribution in [-0.2, 0) is 11.3 Å². The minimum atomic E-state index is 0.370. The molecule has 0 bridgehead atoms. The number of guanidine groups is 1. The number of para-hydroxylation sites is 1. The zero-order valence-electron chi connectivity index (χ0n) is 15.7. The smallest absolute Gasteiger partial charge is 0.208 e. The van der Waals surface area contributed by atoms with E-state index < -0.39 is 0 Å². The second-order valence-corrected chi connectivity index (χ2v) is 6.83. The molecule has 1 heterocycles. The highest BCUT2D eigenvalue weighted by atomic mass is 16.5. The van der Waals surface area contributed by atoms with Crippen LogP contribution >= 0.6 is 0 Å². The Kier molecular flexibility index (Phi) is 7.11. The first-order valence-electron chi connectivity index (χ1n) is 9.54. The molecule has 0 atom stereocenters. The Hall–Kier alpha value is -1.83. The Morgan fingerprint density at radius 2 is 2.12 bits per heavy atom. The topological polar surface area (TPSA) is 75.4 Å². The van der Waals surface area contributed by atoms with Crippen molar-refractivity contribution in [2.45, 2.75) is 31.9 Å². The summed E-state index contributed by atoms with van der Waals surface area (Å²) in [6.45, 7) is 5.80. The summed E-state index contributed by atoms with van der Waals surface area (Å²) in [5.41, 5.74) is 1.13. The lowest BCUT2D eigenvalue weighted by atomic mass is 9.96. The van der Waals surface area contributed by atoms with E-state index in [1.165, 1.54) is 6.42 Å². The molecule has 3 N–H and O–H groups in total. The van der Waals surface area contributed by atoms with Crippen molar-refractivity contribution in [3.05, 3.63) is 29.8 Å². The molecule has 26 heavy (non-hydrogen) atoms. The standard InChI is InChI=1S/C19H31N5O2/c1-21-19(24(20)10-9-23-11-13-25-14-12-23)22-15-16-5-2-3-8-18(16)26-17-6-4-7-17/h2-3,5,8,17H,4,6-7,9-15,20H2,1H3,(H,21,22). The number of aliphatic imine (C=N–C) groups is 1. The van der Waals surface area contributed by atoms with Crippen LogP contribution in [0.25, 0.3) is 0 Å². The average Bonchev–Trinajstić information content (AvgIpc) is 2.65. The highest BCUT2D eigenvalue weighted by Crippen LogP contribution is 2.27. The summed E-state index contributed by atoms with van der Waals surface area (Å²) in [7, 11) is 1.76. The Morgan fingerprint density at radius 3 is 2.81 bits per heavy atom. The van der Waals surface area contributed by atoms with E-state index in [0.717, 1.165) is 63.5 Å². The predicted molar refractivity (Wildman–Crippen MR) is 103 cm³/mol. The van der Waals surface area contributed by atoms with Gasteiger partial charge in [-0.05, 0) is 25.3 Å². The minimum absolute atomic E-state index is 0.370. The van der Waals surface area contributed by atoms with Crippen molar-refractivity contribution in [3.8, 4) is 5.75 Å². The van der Waals surface area contributed by atoms with Crippen molar-refractivity contribution in [1.82, 2.24) is 15.2 Å². The number of hydrogen-bond acceptors (Lipinski definition) is 5. The molecule has 1 aliphatic heterocycles. The van der Waals surface area contributed by atoms with Gasteiger partial charge in [0.1, 0.15) is 5.75 Å². The van der Waals surface area contributed by atoms with Crippen LogP contribution in [0.4, 0.5) is 0 Å². The Balaban J connectivity index is 1.48. The first-order chi connectivity index (χ1) is 12.8. The number of rotatable bonds is 7. The second-order valence-electron chi connectivity index (χ2n) is 6.83. The van der Waals surface area contributed by atoms with Crippen LogP contribution in [0.15, 0.2) is 29.3 Å². The summed E-state index contributed by atoms with van der Waals surface area (Å²) >= 11 is 0. The van der Waals surface area contributed by atoms with E-state index >= 15 is 0 Å². The van der Waals surface area contributed by atoms with Crippen molar-refractivity contribution in [1.29, 1.82) is 0 Å². The molecule has 0 aromatic heterocycles. The first-order valence-corrected chi connectivity index (χ1v) is 9.54. The van der Waals surface area contributed by atoms with Crippen molar-refractivity contribution >= 4 is 5.96 Å². The van der Waals surface area contributed by atoms with Crippen LogP contribution < -0.4 is 15.9 Å². The highest BCUT2D eigenvalue weighted by Gasteiger charge is 2.20. The van der Waals surface area contributed by atoms with E-state index in [1.807, 2.05) is 18.2 Å². The third-order valence-corrected chi connectivity index (χ3v) is 5.00. The van der Waals surface area contributed by atoms with Crippen molar-refractivity contribution in [2.24, 2.45) is 10.8 Å². The highest BCUT2D eigenvalue weighted by molar-refractivity contribution is 5.79. The van der Waals surface area contributed by atoms with E-state index in [1.54, 1.807) is 12.1 Å². The normalized spacial score (nSPS) is 19.1. The van der Waals surface area contributed by atoms with Crippen molar-refractivity contribution in [2.75, 3.05) is 46.4 Å². The summed E-state index contributed by atoms with van der Waals surface area (Å²) in [4.78, 5) is 6.67. The van der Waals surface area contributed by atoms with E-state index in [0.29, 0.717) is 18.6 Å². The van der Waals surface area contributed by atoms with Crippen LogP contribution in [0, 0.1) is 0 Å². The molecule has 0 unspecified atom stereocenters. The SMILES string of the molecule is CN=C(NCc1ccccc1OC1CCC1)N(N)CCN1CCOCC1. The molecule has 0 spiro atoms. The summed E-state index contributed by atoms with van der Waals surface area (Å²) in [6.07, 6.45) is 3.95. The van der Waals surface area contributed by atoms with E-state index in [2.05, 4.69) is 21.3 Å². The van der Waals surface area contributed by atoms with E-state index in [4.69, 9.17) is 15.3 Å². The number of hydrogen-bond donors (Lipinski definition) is 2. The van der Waals surface area contributed by atoms with Gasteiger partial charge in [-0.25, -0.2) is 5.84 Å². The molecule has 144 valence electrons. The van der Waals surface area contributed by atoms with Gasteiger partial charge in [-0.3, -0.25) is 14.9 Å². The second kappa shape index (κ2) is 9.75. The van der Waals surface area contributed by atoms with Gasteiger partial charge in [-0.1, -0.05) is 18.2 Å². The van der Waals surface area contributed by atoms with Crippen molar-refractivity contribution < 1.29 is 9.47 Å². The van der Waals surface area contributed by atoms with Crippen molar-refractivity contribution in [3.63, 3.8) is 0 Å². The van der Waals surface area contributed by atoms with Crippen LogP contribution in [0.1, 0.15) is 24.8 Å². The predicted octanol–water partition coefficient (Wildman–Crippen LogP) is 1.20. The van der Waals surface area contributed by atoms with Crippen LogP contribution in [0.3, 0.4) is 0 Å². The molecule has 2 fully saturated rings. The molecule has 7 nitrogen and oxygen atoms in total. The van der Waals surface area contributed by atoms with Crippen LogP contribution in [-0.4, -0.2) is 68.4 Å². The van der Waals surface area contributed by atoms with Gasteiger partial charge in [0.05, 0.1) is 19.3 Å². The summed E-state index contributed by atoms with van der Waals surface area (Å²) < 4.78 is 11.5. The fraction of sp³-hybridized carbons (Fsp3) is 0.632. The Morgan fingerprint density at radius 1 is 1.35 bits per heavy atom. The molecule has 0 radical (unpaired) electrons. The minimum Gasteiger partial charge on any atom is -0.490 e. The number of morpholine rings is 1. The zero-order valence-corrected chi connectivity index (χ0v) is 15.7. The lowest BCUT2D eigenvalue weighted by Gasteiger charge is -2.29. The quantitative estimate of drug-likeness (QED) is 0.329. The molecule has 1 aromatic rings. The number of hydrazine groups is 1. The number of nitrogens with zero attached hydrogens (tertiary/aromatic N) is 3. The Labute approximate surface area is 156 Å². The monoisotopic (exact) mass is 361 g/mol. The van der Waals surface area contributed by atoms with Crippen LogP contribution in [0.5, 0.6) is 5.75 Å². The third kappa shape index (κ3) is 5.33. The average molecular weight is 361 g/mol. The molecule has 2 aliphatic rings. The van der Waals surface area contributed by atoms with Crippen LogP contribution in [0.2, 0.25) is 0 Å². The molecule has 3 rings (SSSR count). The molecule has 1 saturated carbocycles. The van der Waals surface area contributed by atoms with E-state index in [-0.39, 0.29) is 0 Å². The fourth-order valence-electron chi connectivity index (χ4n) is 3.10. The molecule has 1 aromatic carbocycles. The van der Waals surface area contributed by atoms with Gasteiger partial charge in [0.15, 0.2) is 0 Å². The summed E-state index contributed by atoms with van der Waals surface area (Å²) in [5.74, 6) is 7.86. The lowest BCUT2D eigenvalue weighted by molar-refractivity contribution is 0.0358. The molecular weight excluding hydrogens is 330 g/mol. The largest absolute Gasteiger partial charge is 0.490 e. The zero-order chi connectivity index (χ0) is 18.2. The number of nitrogens with two attached hydrogens (primary N) is 1. The van der Waals surface area contributed by atoms with E-state index in [9.17, 15) is 0 Å². The van der Waals surface area contributed by atoms with Gasteiger partial charge in [0, 0.05) is 45.3 Å². The maximum atomic E-state index is 6.21. The fourth-order valence-corrected chi connectivity index (χ4v) is 3.10. The van der Waals surface area contributed by atoms with Gasteiger partial charge in [0.25, 0.3) is 0 Å². The first kappa shape index (κ1) is 18.9. The van der Waals surface area contributed by atoms with Gasteiger partial charge < -0.3 is 14.8 Å². The number of benzene rings is 1. The lowest BCUT2D eigenvalue weighted by Crippen LogP contribution is -2.50. The third-order valence-electron chi connectivity index (χ3n) is 5.00. The summed E-state index contributed by atoms with van der Waals surface area (Å²) in [6, 6.07) is 8.18.